The van der Waals surface area contributed by atoms with Crippen LogP contribution in [-0.4, -0.2) is 20.8 Å². The largest absolute Gasteiger partial charge is 0.508 e. The smallest absolute Gasteiger partial charge is 0.273 e. The summed E-state index contributed by atoms with van der Waals surface area (Å²) < 4.78 is 1.66. The van der Waals surface area contributed by atoms with Crippen LogP contribution in [0.2, 0.25) is 0 Å². The molecule has 1 aromatic carbocycles. The minimum Gasteiger partial charge on any atom is -0.508 e. The molecule has 2 rings (SSSR count). The summed E-state index contributed by atoms with van der Waals surface area (Å²) in [6.45, 7) is 4.43. The van der Waals surface area contributed by atoms with Gasteiger partial charge in [0.15, 0.2) is 0 Å². The van der Waals surface area contributed by atoms with Gasteiger partial charge in [-0.15, -0.1) is 0 Å². The zero-order chi connectivity index (χ0) is 13.1. The Morgan fingerprint density at radius 1 is 1.39 bits per heavy atom. The van der Waals surface area contributed by atoms with Crippen LogP contribution in [0, 0.1) is 6.92 Å². The highest BCUT2D eigenvalue weighted by Gasteiger charge is 2.13. The molecule has 0 fully saturated rings. The van der Waals surface area contributed by atoms with Gasteiger partial charge in [0.25, 0.3) is 5.91 Å². The average molecular weight is 245 g/mol. The number of aryl methyl sites for hydroxylation is 2. The Kier molecular flexibility index (Phi) is 3.32. The van der Waals surface area contributed by atoms with Gasteiger partial charge < -0.3 is 10.4 Å². The van der Waals surface area contributed by atoms with Gasteiger partial charge >= 0.3 is 0 Å². The number of phenols is 1. The molecule has 1 heterocycles. The van der Waals surface area contributed by atoms with Gasteiger partial charge in [-0.2, -0.15) is 5.10 Å². The van der Waals surface area contributed by atoms with E-state index >= 15 is 0 Å². The highest BCUT2D eigenvalue weighted by molar-refractivity contribution is 6.03. The van der Waals surface area contributed by atoms with Gasteiger partial charge in [0, 0.05) is 12.2 Å². The van der Waals surface area contributed by atoms with Crippen molar-refractivity contribution in [3.05, 3.63) is 41.7 Å². The molecule has 18 heavy (non-hydrogen) atoms. The fourth-order valence-electron chi connectivity index (χ4n) is 1.71. The van der Waals surface area contributed by atoms with E-state index in [1.54, 1.807) is 22.9 Å². The topological polar surface area (TPSA) is 67.2 Å². The van der Waals surface area contributed by atoms with Crippen LogP contribution in [0.3, 0.4) is 0 Å². The predicted molar refractivity (Wildman–Crippen MR) is 68.7 cm³/mol. The first-order valence-electron chi connectivity index (χ1n) is 5.75. The number of benzene rings is 1. The van der Waals surface area contributed by atoms with Crippen LogP contribution in [-0.2, 0) is 6.54 Å². The molecule has 5 heteroatoms. The molecule has 2 aromatic rings. The van der Waals surface area contributed by atoms with Crippen molar-refractivity contribution in [3.63, 3.8) is 0 Å². The first kappa shape index (κ1) is 12.2. The number of hydrogen-bond donors (Lipinski definition) is 2. The molecule has 1 amide bonds. The maximum atomic E-state index is 12.1. The van der Waals surface area contributed by atoms with Gasteiger partial charge in [-0.25, -0.2) is 0 Å². The number of amides is 1. The van der Waals surface area contributed by atoms with E-state index < -0.39 is 0 Å². The Morgan fingerprint density at radius 2 is 2.06 bits per heavy atom. The second-order valence-corrected chi connectivity index (χ2v) is 3.99. The molecule has 0 saturated carbocycles. The van der Waals surface area contributed by atoms with Gasteiger partial charge in [-0.1, -0.05) is 0 Å². The molecule has 0 atom stereocenters. The first-order valence-corrected chi connectivity index (χ1v) is 5.75. The minimum absolute atomic E-state index is 0.169. The lowest BCUT2D eigenvalue weighted by atomic mass is 10.3. The zero-order valence-electron chi connectivity index (χ0n) is 10.3. The van der Waals surface area contributed by atoms with Crippen LogP contribution >= 0.6 is 0 Å². The SMILES string of the molecule is CCn1nc(C)cc1C(=O)Nc1ccc(O)cc1. The molecule has 0 unspecified atom stereocenters. The van der Waals surface area contributed by atoms with Crippen molar-refractivity contribution >= 4 is 11.6 Å². The van der Waals surface area contributed by atoms with E-state index in [9.17, 15) is 4.79 Å². The predicted octanol–water partition coefficient (Wildman–Crippen LogP) is 2.17. The zero-order valence-corrected chi connectivity index (χ0v) is 10.3. The molecule has 1 aromatic heterocycles. The molecule has 0 aliphatic carbocycles. The molecule has 94 valence electrons. The van der Waals surface area contributed by atoms with Crippen LogP contribution in [0.4, 0.5) is 5.69 Å². The molecular formula is C13H15N3O2. The van der Waals surface area contributed by atoms with Crippen molar-refractivity contribution < 1.29 is 9.90 Å². The molecule has 0 aliphatic rings. The summed E-state index contributed by atoms with van der Waals surface area (Å²) >= 11 is 0. The molecule has 0 spiro atoms. The van der Waals surface area contributed by atoms with E-state index in [2.05, 4.69) is 10.4 Å². The number of hydrogen-bond acceptors (Lipinski definition) is 3. The monoisotopic (exact) mass is 245 g/mol. The summed E-state index contributed by atoms with van der Waals surface area (Å²) in [7, 11) is 0. The maximum Gasteiger partial charge on any atom is 0.273 e. The van der Waals surface area contributed by atoms with Crippen LogP contribution in [0.15, 0.2) is 30.3 Å². The summed E-state index contributed by atoms with van der Waals surface area (Å²) in [5.41, 5.74) is 1.98. The first-order chi connectivity index (χ1) is 8.60. The Morgan fingerprint density at radius 3 is 2.67 bits per heavy atom. The van der Waals surface area contributed by atoms with E-state index in [4.69, 9.17) is 5.11 Å². The highest BCUT2D eigenvalue weighted by Crippen LogP contribution is 2.15. The summed E-state index contributed by atoms with van der Waals surface area (Å²) in [5, 5.41) is 16.2. The number of carbonyl (C=O) groups excluding carboxylic acids is 1. The molecule has 5 nitrogen and oxygen atoms in total. The number of phenolic OH excluding ortho intramolecular Hbond substituents is 1. The van der Waals surface area contributed by atoms with Crippen LogP contribution < -0.4 is 5.32 Å². The second-order valence-electron chi connectivity index (χ2n) is 3.99. The quantitative estimate of drug-likeness (QED) is 0.814. The molecule has 0 radical (unpaired) electrons. The van der Waals surface area contributed by atoms with Crippen molar-refractivity contribution in [1.82, 2.24) is 9.78 Å². The maximum absolute atomic E-state index is 12.1. The van der Waals surface area contributed by atoms with E-state index in [0.717, 1.165) is 5.69 Å². The minimum atomic E-state index is -0.205. The Bertz CT molecular complexity index is 558. The third-order valence-corrected chi connectivity index (χ3v) is 2.56. The number of nitrogens with one attached hydrogen (secondary N) is 1. The molecule has 0 saturated heterocycles. The molecule has 0 bridgehead atoms. The summed E-state index contributed by atoms with van der Waals surface area (Å²) in [4.78, 5) is 12.1. The lowest BCUT2D eigenvalue weighted by molar-refractivity contribution is 0.101. The van der Waals surface area contributed by atoms with E-state index in [-0.39, 0.29) is 11.7 Å². The van der Waals surface area contributed by atoms with Crippen LogP contribution in [0.1, 0.15) is 23.1 Å². The van der Waals surface area contributed by atoms with Gasteiger partial charge in [0.2, 0.25) is 0 Å². The average Bonchev–Trinajstić information content (AvgIpc) is 2.73. The van der Waals surface area contributed by atoms with E-state index in [1.807, 2.05) is 13.8 Å². The number of rotatable bonds is 3. The highest BCUT2D eigenvalue weighted by atomic mass is 16.3. The van der Waals surface area contributed by atoms with Gasteiger partial charge in [-0.05, 0) is 44.2 Å². The normalized spacial score (nSPS) is 10.3. The summed E-state index contributed by atoms with van der Waals surface area (Å²) in [5.74, 6) is -0.0365. The number of aromatic hydroxyl groups is 1. The number of anilines is 1. The molecule has 0 aliphatic heterocycles. The fourth-order valence-corrected chi connectivity index (χ4v) is 1.71. The number of nitrogens with zero attached hydrogens (tertiary/aromatic N) is 2. The standard InChI is InChI=1S/C13H15N3O2/c1-3-16-12(8-9(2)15-16)13(18)14-10-4-6-11(17)7-5-10/h4-8,17H,3H2,1-2H3,(H,14,18). The number of carbonyl (C=O) groups is 1. The molecular weight excluding hydrogens is 230 g/mol. The van der Waals surface area contributed by atoms with Crippen molar-refractivity contribution in [2.24, 2.45) is 0 Å². The molecule has 2 N–H and O–H groups in total. The number of aromatic nitrogens is 2. The third kappa shape index (κ3) is 2.51. The summed E-state index contributed by atoms with van der Waals surface area (Å²) in [6.07, 6.45) is 0. The van der Waals surface area contributed by atoms with Crippen molar-refractivity contribution in [2.45, 2.75) is 20.4 Å². The van der Waals surface area contributed by atoms with Crippen LogP contribution in [0.25, 0.3) is 0 Å². The Balaban J connectivity index is 2.19. The van der Waals surface area contributed by atoms with Crippen LogP contribution in [0.5, 0.6) is 5.75 Å². The van der Waals surface area contributed by atoms with E-state index in [0.29, 0.717) is 17.9 Å². The van der Waals surface area contributed by atoms with Crippen molar-refractivity contribution in [3.8, 4) is 5.75 Å². The Hall–Kier alpha value is -2.30. The lowest BCUT2D eigenvalue weighted by Crippen LogP contribution is -2.17. The van der Waals surface area contributed by atoms with Crippen molar-refractivity contribution in [1.29, 1.82) is 0 Å². The van der Waals surface area contributed by atoms with Crippen molar-refractivity contribution in [2.75, 3.05) is 5.32 Å². The summed E-state index contributed by atoms with van der Waals surface area (Å²) in [6, 6.07) is 8.09. The second kappa shape index (κ2) is 4.91. The van der Waals surface area contributed by atoms with E-state index in [1.165, 1.54) is 12.1 Å². The van der Waals surface area contributed by atoms with Gasteiger partial charge in [-0.3, -0.25) is 9.48 Å². The fraction of sp³-hybridized carbons (Fsp3) is 0.231. The lowest BCUT2D eigenvalue weighted by Gasteiger charge is -2.06. The third-order valence-electron chi connectivity index (χ3n) is 2.56. The van der Waals surface area contributed by atoms with Gasteiger partial charge in [0.05, 0.1) is 5.69 Å². The Labute approximate surface area is 105 Å². The van der Waals surface area contributed by atoms with Gasteiger partial charge in [0.1, 0.15) is 11.4 Å².